The lowest BCUT2D eigenvalue weighted by atomic mass is 10.0. The predicted octanol–water partition coefficient (Wildman–Crippen LogP) is -0.539. The molecule has 3 saturated heterocycles. The largest absolute Gasteiger partial charge is 0.491 e. The van der Waals surface area contributed by atoms with E-state index in [1.165, 1.54) is 6.07 Å². The van der Waals surface area contributed by atoms with Crippen molar-refractivity contribution in [2.45, 2.75) is 38.0 Å². The molecule has 5 rings (SSSR count). The smallest absolute Gasteiger partial charge is 0.262 e. The number of ether oxygens (including phenoxy) is 2. The molecule has 4 amide bonds. The van der Waals surface area contributed by atoms with E-state index in [4.69, 9.17) is 9.47 Å². The summed E-state index contributed by atoms with van der Waals surface area (Å²) in [4.78, 5) is 55.1. The van der Waals surface area contributed by atoms with Crippen LogP contribution in [0.15, 0.2) is 18.2 Å². The van der Waals surface area contributed by atoms with E-state index in [-0.39, 0.29) is 30.1 Å². The maximum absolute atomic E-state index is 12.9. The molecule has 11 heteroatoms. The van der Waals surface area contributed by atoms with Crippen LogP contribution < -0.4 is 15.4 Å². The molecule has 1 aromatic rings. The van der Waals surface area contributed by atoms with Crippen molar-refractivity contribution in [3.8, 4) is 5.75 Å². The van der Waals surface area contributed by atoms with Crippen LogP contribution in [-0.4, -0.2) is 116 Å². The maximum atomic E-state index is 12.9. The molecular weight excluding hydrogens is 466 g/mol. The van der Waals surface area contributed by atoms with Crippen molar-refractivity contribution in [3.05, 3.63) is 29.3 Å². The molecule has 194 valence electrons. The highest BCUT2D eigenvalue weighted by molar-refractivity contribution is 6.23. The lowest BCUT2D eigenvalue weighted by molar-refractivity contribution is -0.136. The summed E-state index contributed by atoms with van der Waals surface area (Å²) in [6.45, 7) is 10.2. The Balaban J connectivity index is 1.04. The van der Waals surface area contributed by atoms with Gasteiger partial charge in [0.05, 0.1) is 23.8 Å². The number of piperidine rings is 1. The highest BCUT2D eigenvalue weighted by Gasteiger charge is 2.44. The molecule has 4 heterocycles. The third-order valence-corrected chi connectivity index (χ3v) is 7.38. The van der Waals surface area contributed by atoms with Crippen molar-refractivity contribution >= 4 is 23.6 Å². The van der Waals surface area contributed by atoms with Crippen LogP contribution in [0.2, 0.25) is 0 Å². The number of hydrogen-bond donors (Lipinski definition) is 2. The Hall–Kier alpha value is -2.86. The molecule has 2 N–H and O–H groups in total. The lowest BCUT2D eigenvalue weighted by Gasteiger charge is -2.41. The number of nitrogens with zero attached hydrogens (tertiary/aromatic N) is 3. The quantitative estimate of drug-likeness (QED) is 0.341. The molecule has 0 saturated carbocycles. The van der Waals surface area contributed by atoms with Gasteiger partial charge in [-0.1, -0.05) is 0 Å². The van der Waals surface area contributed by atoms with Crippen molar-refractivity contribution < 1.29 is 28.7 Å². The molecule has 11 nitrogen and oxygen atoms in total. The van der Waals surface area contributed by atoms with Gasteiger partial charge in [-0.05, 0) is 31.5 Å². The van der Waals surface area contributed by atoms with Crippen molar-refractivity contribution in [2.75, 3.05) is 59.0 Å². The average Bonchev–Trinajstić information content (AvgIpc) is 3.08. The Morgan fingerprint density at radius 2 is 1.83 bits per heavy atom. The molecule has 0 aromatic heterocycles. The van der Waals surface area contributed by atoms with Crippen LogP contribution in [-0.2, 0) is 14.3 Å². The summed E-state index contributed by atoms with van der Waals surface area (Å²) in [5.41, 5.74) is 0.439. The highest BCUT2D eigenvalue weighted by Crippen LogP contribution is 2.30. The Bertz CT molecular complexity index is 1040. The van der Waals surface area contributed by atoms with E-state index in [0.717, 1.165) is 50.7 Å². The first-order chi connectivity index (χ1) is 17.4. The number of fused-ring (bicyclic) bond motifs is 1. The number of carbonyl (C=O) groups excluding carboxylic acids is 4. The summed E-state index contributed by atoms with van der Waals surface area (Å²) in [6, 6.07) is 4.32. The van der Waals surface area contributed by atoms with Gasteiger partial charge in [-0.25, -0.2) is 0 Å². The molecule has 1 unspecified atom stereocenters. The minimum Gasteiger partial charge on any atom is -0.491 e. The van der Waals surface area contributed by atoms with Gasteiger partial charge in [0.1, 0.15) is 18.4 Å². The summed E-state index contributed by atoms with van der Waals surface area (Å²) in [5, 5.41) is 5.61. The number of likely N-dealkylation sites (tertiary alicyclic amines) is 1. The van der Waals surface area contributed by atoms with Crippen molar-refractivity contribution in [3.63, 3.8) is 0 Å². The minimum atomic E-state index is -0.977. The second-order valence-electron chi connectivity index (χ2n) is 9.84. The molecule has 36 heavy (non-hydrogen) atoms. The second-order valence-corrected chi connectivity index (χ2v) is 9.84. The summed E-state index contributed by atoms with van der Waals surface area (Å²) in [6.07, 6.45) is 0.423. The van der Waals surface area contributed by atoms with E-state index in [0.29, 0.717) is 25.0 Å². The van der Waals surface area contributed by atoms with Gasteiger partial charge in [0.15, 0.2) is 0 Å². The SMILES string of the molecule is C[C@H]1CNCCN1CCN1CC(OCCOc2ccc3c(c2)C(=O)N(C2CCC(=O)NC2=O)C3=O)C1. The first kappa shape index (κ1) is 24.8. The highest BCUT2D eigenvalue weighted by atomic mass is 16.5. The number of benzene rings is 1. The van der Waals surface area contributed by atoms with E-state index in [9.17, 15) is 19.2 Å². The van der Waals surface area contributed by atoms with Gasteiger partial charge in [-0.2, -0.15) is 0 Å². The fourth-order valence-electron chi connectivity index (χ4n) is 5.21. The third-order valence-electron chi connectivity index (χ3n) is 7.38. The summed E-state index contributed by atoms with van der Waals surface area (Å²) >= 11 is 0. The van der Waals surface area contributed by atoms with Crippen LogP contribution in [0.5, 0.6) is 5.75 Å². The summed E-state index contributed by atoms with van der Waals surface area (Å²) < 4.78 is 11.7. The zero-order chi connectivity index (χ0) is 25.2. The molecule has 0 bridgehead atoms. The third kappa shape index (κ3) is 5.15. The predicted molar refractivity (Wildman–Crippen MR) is 129 cm³/mol. The Kier molecular flexibility index (Phi) is 7.33. The first-order valence-corrected chi connectivity index (χ1v) is 12.7. The topological polar surface area (TPSA) is 121 Å². The fraction of sp³-hybridized carbons (Fsp3) is 0.600. The number of nitrogens with one attached hydrogen (secondary N) is 2. The number of imide groups is 2. The van der Waals surface area contributed by atoms with Crippen LogP contribution in [0, 0.1) is 0 Å². The number of carbonyl (C=O) groups is 4. The monoisotopic (exact) mass is 499 g/mol. The molecular formula is C25H33N5O6. The zero-order valence-electron chi connectivity index (χ0n) is 20.5. The minimum absolute atomic E-state index is 0.0896. The molecule has 0 aliphatic carbocycles. The average molecular weight is 500 g/mol. The molecule has 2 atom stereocenters. The maximum Gasteiger partial charge on any atom is 0.262 e. The van der Waals surface area contributed by atoms with Gasteiger partial charge in [0.2, 0.25) is 11.8 Å². The Morgan fingerprint density at radius 1 is 1.03 bits per heavy atom. The first-order valence-electron chi connectivity index (χ1n) is 12.7. The van der Waals surface area contributed by atoms with Gasteiger partial charge in [-0.15, -0.1) is 0 Å². The standard InChI is InChI=1S/C25H33N5O6/c1-16-13-26-6-7-29(16)9-8-28-14-18(15-28)36-11-10-35-17-2-3-19-20(12-17)25(34)30(24(19)33)21-4-5-22(31)27-23(21)32/h2-3,12,16,18,21,26H,4-11,13-15H2,1H3,(H,27,31,32)/t16-,21?/m0/s1. The van der Waals surface area contributed by atoms with E-state index in [1.807, 2.05) is 0 Å². The van der Waals surface area contributed by atoms with Gasteiger partial charge >= 0.3 is 0 Å². The van der Waals surface area contributed by atoms with Crippen LogP contribution in [0.1, 0.15) is 40.5 Å². The summed E-state index contributed by atoms with van der Waals surface area (Å²) in [7, 11) is 0. The lowest BCUT2D eigenvalue weighted by Crippen LogP contribution is -2.56. The van der Waals surface area contributed by atoms with Crippen molar-refractivity contribution in [2.24, 2.45) is 0 Å². The molecule has 3 fully saturated rings. The van der Waals surface area contributed by atoms with Crippen LogP contribution in [0.25, 0.3) is 0 Å². The Labute approximate surface area is 210 Å². The Morgan fingerprint density at radius 3 is 2.61 bits per heavy atom. The zero-order valence-corrected chi connectivity index (χ0v) is 20.5. The van der Waals surface area contributed by atoms with E-state index in [2.05, 4.69) is 27.4 Å². The molecule has 4 aliphatic heterocycles. The molecule has 0 spiro atoms. The summed E-state index contributed by atoms with van der Waals surface area (Å²) in [5.74, 6) is -1.63. The number of piperazine rings is 1. The van der Waals surface area contributed by atoms with Crippen LogP contribution >= 0.6 is 0 Å². The molecule has 1 aromatic carbocycles. The number of rotatable bonds is 9. The normalized spacial score (nSPS) is 25.6. The molecule has 4 aliphatic rings. The van der Waals surface area contributed by atoms with E-state index < -0.39 is 29.7 Å². The van der Waals surface area contributed by atoms with Crippen LogP contribution in [0.3, 0.4) is 0 Å². The fourth-order valence-corrected chi connectivity index (χ4v) is 5.21. The van der Waals surface area contributed by atoms with Crippen LogP contribution in [0.4, 0.5) is 0 Å². The van der Waals surface area contributed by atoms with Gasteiger partial charge in [0.25, 0.3) is 11.8 Å². The van der Waals surface area contributed by atoms with E-state index in [1.54, 1.807) is 12.1 Å². The molecule has 0 radical (unpaired) electrons. The van der Waals surface area contributed by atoms with Gasteiger partial charge in [0, 0.05) is 58.3 Å². The van der Waals surface area contributed by atoms with Gasteiger partial charge in [-0.3, -0.25) is 39.2 Å². The van der Waals surface area contributed by atoms with E-state index >= 15 is 0 Å². The number of amides is 4. The van der Waals surface area contributed by atoms with Crippen molar-refractivity contribution in [1.82, 2.24) is 25.3 Å². The van der Waals surface area contributed by atoms with Crippen molar-refractivity contribution in [1.29, 1.82) is 0 Å². The number of hydrogen-bond acceptors (Lipinski definition) is 9. The van der Waals surface area contributed by atoms with Gasteiger partial charge < -0.3 is 14.8 Å². The second kappa shape index (κ2) is 10.6.